The fourth-order valence-electron chi connectivity index (χ4n) is 3.22. The van der Waals surface area contributed by atoms with Crippen molar-refractivity contribution in [2.45, 2.75) is 38.3 Å². The highest BCUT2D eigenvalue weighted by Gasteiger charge is 2.39. The Morgan fingerprint density at radius 2 is 2.35 bits per heavy atom. The van der Waals surface area contributed by atoms with Crippen molar-refractivity contribution in [2.24, 2.45) is 11.8 Å². The van der Waals surface area contributed by atoms with Crippen molar-refractivity contribution >= 4 is 28.7 Å². The molecule has 2 fully saturated rings. The SMILES string of the molecule is S=C(NCc1cccs1)N[C@@H]1C[C@@H]2CC[C@@H]1C2. The summed E-state index contributed by atoms with van der Waals surface area (Å²) in [6.07, 6.45) is 5.59. The molecule has 17 heavy (non-hydrogen) atoms. The van der Waals surface area contributed by atoms with E-state index in [4.69, 9.17) is 12.2 Å². The molecular formula is C13H18N2S2. The lowest BCUT2D eigenvalue weighted by molar-refractivity contribution is 0.389. The number of hydrogen-bond acceptors (Lipinski definition) is 2. The van der Waals surface area contributed by atoms with E-state index in [1.807, 2.05) is 0 Å². The van der Waals surface area contributed by atoms with E-state index in [1.165, 1.54) is 30.6 Å². The van der Waals surface area contributed by atoms with Crippen molar-refractivity contribution in [3.63, 3.8) is 0 Å². The Hall–Kier alpha value is -0.610. The fraction of sp³-hybridized carbons (Fsp3) is 0.615. The van der Waals surface area contributed by atoms with Crippen LogP contribution in [-0.4, -0.2) is 11.2 Å². The molecule has 0 spiro atoms. The van der Waals surface area contributed by atoms with E-state index < -0.39 is 0 Å². The van der Waals surface area contributed by atoms with Crippen LogP contribution in [0.3, 0.4) is 0 Å². The summed E-state index contributed by atoms with van der Waals surface area (Å²) in [7, 11) is 0. The minimum absolute atomic E-state index is 0.636. The molecule has 2 saturated carbocycles. The molecule has 0 aromatic carbocycles. The highest BCUT2D eigenvalue weighted by atomic mass is 32.1. The van der Waals surface area contributed by atoms with Crippen molar-refractivity contribution in [1.29, 1.82) is 0 Å². The molecule has 0 unspecified atom stereocenters. The summed E-state index contributed by atoms with van der Waals surface area (Å²) < 4.78 is 0. The molecule has 1 aromatic rings. The molecule has 0 saturated heterocycles. The van der Waals surface area contributed by atoms with Gasteiger partial charge in [0.25, 0.3) is 0 Å². The summed E-state index contributed by atoms with van der Waals surface area (Å²) in [6.45, 7) is 0.852. The summed E-state index contributed by atoms with van der Waals surface area (Å²) in [5.74, 6) is 1.85. The van der Waals surface area contributed by atoms with Gasteiger partial charge in [0.2, 0.25) is 0 Å². The maximum atomic E-state index is 5.36. The van der Waals surface area contributed by atoms with E-state index in [0.717, 1.165) is 23.5 Å². The molecule has 92 valence electrons. The number of thiocarbonyl (C=S) groups is 1. The van der Waals surface area contributed by atoms with Crippen molar-refractivity contribution < 1.29 is 0 Å². The Balaban J connectivity index is 1.44. The Bertz CT molecular complexity index is 388. The van der Waals surface area contributed by atoms with E-state index in [-0.39, 0.29) is 0 Å². The number of thiophene rings is 1. The maximum Gasteiger partial charge on any atom is 0.166 e. The van der Waals surface area contributed by atoms with Crippen molar-refractivity contribution in [3.8, 4) is 0 Å². The zero-order valence-electron chi connectivity index (χ0n) is 9.82. The van der Waals surface area contributed by atoms with Crippen LogP contribution in [-0.2, 0) is 6.54 Å². The van der Waals surface area contributed by atoms with Gasteiger partial charge in [0.05, 0.1) is 6.54 Å². The first-order valence-corrected chi connectivity index (χ1v) is 7.67. The van der Waals surface area contributed by atoms with Crippen LogP contribution >= 0.6 is 23.6 Å². The van der Waals surface area contributed by atoms with Crippen LogP contribution in [0.2, 0.25) is 0 Å². The molecule has 2 bridgehead atoms. The lowest BCUT2D eigenvalue weighted by Gasteiger charge is -2.24. The number of hydrogen-bond donors (Lipinski definition) is 2. The first kappa shape index (κ1) is 11.5. The van der Waals surface area contributed by atoms with E-state index in [2.05, 4.69) is 28.1 Å². The molecule has 2 aliphatic rings. The summed E-state index contributed by atoms with van der Waals surface area (Å²) in [5.41, 5.74) is 0. The molecule has 2 aliphatic carbocycles. The quantitative estimate of drug-likeness (QED) is 0.823. The van der Waals surface area contributed by atoms with E-state index >= 15 is 0 Å². The third-order valence-electron chi connectivity index (χ3n) is 4.06. The van der Waals surface area contributed by atoms with Crippen LogP contribution in [0.15, 0.2) is 17.5 Å². The van der Waals surface area contributed by atoms with Gasteiger partial charge in [-0.2, -0.15) is 0 Å². The van der Waals surface area contributed by atoms with Crippen LogP contribution in [0, 0.1) is 11.8 Å². The van der Waals surface area contributed by atoms with Gasteiger partial charge in [0.1, 0.15) is 0 Å². The highest BCUT2D eigenvalue weighted by molar-refractivity contribution is 7.80. The zero-order chi connectivity index (χ0) is 11.7. The Morgan fingerprint density at radius 3 is 3.00 bits per heavy atom. The Labute approximate surface area is 112 Å². The minimum Gasteiger partial charge on any atom is -0.360 e. The molecule has 0 amide bonds. The van der Waals surface area contributed by atoms with Crippen LogP contribution < -0.4 is 10.6 Å². The smallest absolute Gasteiger partial charge is 0.166 e. The van der Waals surface area contributed by atoms with Gasteiger partial charge in [-0.05, 0) is 54.8 Å². The van der Waals surface area contributed by atoms with Crippen LogP contribution in [0.5, 0.6) is 0 Å². The average molecular weight is 266 g/mol. The van der Waals surface area contributed by atoms with Gasteiger partial charge in [0, 0.05) is 10.9 Å². The second-order valence-corrected chi connectivity index (χ2v) is 6.63. The van der Waals surface area contributed by atoms with Gasteiger partial charge in [-0.3, -0.25) is 0 Å². The van der Waals surface area contributed by atoms with Crippen LogP contribution in [0.25, 0.3) is 0 Å². The van der Waals surface area contributed by atoms with Crippen molar-refractivity contribution in [2.75, 3.05) is 0 Å². The number of rotatable bonds is 3. The largest absolute Gasteiger partial charge is 0.360 e. The highest BCUT2D eigenvalue weighted by Crippen LogP contribution is 2.44. The second kappa shape index (κ2) is 4.94. The Kier molecular flexibility index (Phi) is 3.34. The van der Waals surface area contributed by atoms with E-state index in [1.54, 1.807) is 11.3 Å². The normalized spacial score (nSPS) is 30.5. The molecule has 4 heteroatoms. The summed E-state index contributed by atoms with van der Waals surface area (Å²) in [6, 6.07) is 4.85. The number of fused-ring (bicyclic) bond motifs is 2. The maximum absolute atomic E-state index is 5.36. The monoisotopic (exact) mass is 266 g/mol. The minimum atomic E-state index is 0.636. The molecule has 2 N–H and O–H groups in total. The first-order valence-electron chi connectivity index (χ1n) is 6.38. The molecule has 1 aromatic heterocycles. The number of nitrogens with one attached hydrogen (secondary N) is 2. The zero-order valence-corrected chi connectivity index (χ0v) is 11.4. The van der Waals surface area contributed by atoms with Crippen LogP contribution in [0.1, 0.15) is 30.6 Å². The van der Waals surface area contributed by atoms with Gasteiger partial charge < -0.3 is 10.6 Å². The molecule has 2 nitrogen and oxygen atoms in total. The van der Waals surface area contributed by atoms with Crippen LogP contribution in [0.4, 0.5) is 0 Å². The topological polar surface area (TPSA) is 24.1 Å². The predicted octanol–water partition coefficient (Wildman–Crippen LogP) is 2.90. The van der Waals surface area contributed by atoms with Crippen molar-refractivity contribution in [1.82, 2.24) is 10.6 Å². The fourth-order valence-corrected chi connectivity index (χ4v) is 4.09. The van der Waals surface area contributed by atoms with Gasteiger partial charge in [-0.15, -0.1) is 11.3 Å². The summed E-state index contributed by atoms with van der Waals surface area (Å²) in [4.78, 5) is 1.34. The lowest BCUT2D eigenvalue weighted by atomic mass is 9.96. The third kappa shape index (κ3) is 2.63. The first-order chi connectivity index (χ1) is 8.31. The van der Waals surface area contributed by atoms with E-state index in [9.17, 15) is 0 Å². The van der Waals surface area contributed by atoms with Gasteiger partial charge in [0.15, 0.2) is 5.11 Å². The molecule has 0 radical (unpaired) electrons. The third-order valence-corrected chi connectivity index (χ3v) is 5.20. The average Bonchev–Trinajstić information content (AvgIpc) is 3.03. The summed E-state index contributed by atoms with van der Waals surface area (Å²) in [5, 5.41) is 9.73. The lowest BCUT2D eigenvalue weighted by Crippen LogP contribution is -2.43. The standard InChI is InChI=1S/C13H18N2S2/c16-13(14-8-11-2-1-5-17-11)15-12-7-9-3-4-10(12)6-9/h1-2,5,9-10,12H,3-4,6-8H2,(H2,14,15,16)/t9-,10-,12-/m1/s1. The molecule has 3 rings (SSSR count). The molecular weight excluding hydrogens is 248 g/mol. The molecule has 3 atom stereocenters. The summed E-state index contributed by atoms with van der Waals surface area (Å²) >= 11 is 7.13. The molecule has 1 heterocycles. The second-order valence-electron chi connectivity index (χ2n) is 5.19. The van der Waals surface area contributed by atoms with Crippen molar-refractivity contribution in [3.05, 3.63) is 22.4 Å². The van der Waals surface area contributed by atoms with E-state index in [0.29, 0.717) is 6.04 Å². The molecule has 0 aliphatic heterocycles. The Morgan fingerprint density at radius 1 is 1.41 bits per heavy atom. The van der Waals surface area contributed by atoms with Gasteiger partial charge >= 0.3 is 0 Å². The predicted molar refractivity (Wildman–Crippen MR) is 76.1 cm³/mol. The van der Waals surface area contributed by atoms with Gasteiger partial charge in [-0.25, -0.2) is 0 Å². The van der Waals surface area contributed by atoms with Gasteiger partial charge in [-0.1, -0.05) is 12.5 Å².